The topological polar surface area (TPSA) is 41.9 Å². The zero-order chi connectivity index (χ0) is 19.6. The van der Waals surface area contributed by atoms with Crippen molar-refractivity contribution < 1.29 is 9.53 Å². The molecule has 1 aliphatic heterocycles. The summed E-state index contributed by atoms with van der Waals surface area (Å²) < 4.78 is 5.88. The van der Waals surface area contributed by atoms with Crippen LogP contribution in [0.2, 0.25) is 10.0 Å². The largest absolute Gasteiger partial charge is 0.491 e. The maximum Gasteiger partial charge on any atom is 0.280 e. The summed E-state index contributed by atoms with van der Waals surface area (Å²) in [5, 5.41) is 6.67. The number of nitrogens with zero attached hydrogens (tertiary/aromatic N) is 2. The molecule has 6 heteroatoms. The lowest BCUT2D eigenvalue weighted by Crippen LogP contribution is -2.21. The first-order valence-corrected chi connectivity index (χ1v) is 9.41. The molecule has 0 aromatic heterocycles. The van der Waals surface area contributed by atoms with Gasteiger partial charge in [0.1, 0.15) is 5.75 Å². The molecular weight excluding hydrogens is 383 g/mol. The van der Waals surface area contributed by atoms with Crippen molar-refractivity contribution in [3.05, 3.63) is 63.6 Å². The van der Waals surface area contributed by atoms with E-state index in [1.165, 1.54) is 5.01 Å². The van der Waals surface area contributed by atoms with Gasteiger partial charge in [0.25, 0.3) is 5.91 Å². The van der Waals surface area contributed by atoms with Crippen molar-refractivity contribution in [1.29, 1.82) is 0 Å². The third kappa shape index (κ3) is 4.34. The fourth-order valence-corrected chi connectivity index (χ4v) is 3.24. The van der Waals surface area contributed by atoms with Crippen molar-refractivity contribution in [1.82, 2.24) is 0 Å². The van der Waals surface area contributed by atoms with Gasteiger partial charge < -0.3 is 4.74 Å². The van der Waals surface area contributed by atoms with Crippen LogP contribution in [0.3, 0.4) is 0 Å². The molecule has 27 heavy (non-hydrogen) atoms. The molecule has 1 aliphatic rings. The summed E-state index contributed by atoms with van der Waals surface area (Å²) in [6, 6.07) is 12.7. The number of amides is 1. The Labute approximate surface area is 169 Å². The lowest BCUT2D eigenvalue weighted by molar-refractivity contribution is -0.114. The number of hydrazone groups is 1. The average molecular weight is 403 g/mol. The van der Waals surface area contributed by atoms with E-state index in [1.54, 1.807) is 25.1 Å². The summed E-state index contributed by atoms with van der Waals surface area (Å²) in [7, 11) is 0. The van der Waals surface area contributed by atoms with Crippen LogP contribution in [0, 0.1) is 5.92 Å². The van der Waals surface area contributed by atoms with Gasteiger partial charge in [-0.3, -0.25) is 4.79 Å². The van der Waals surface area contributed by atoms with Crippen LogP contribution in [0.25, 0.3) is 6.08 Å². The number of rotatable bonds is 5. The van der Waals surface area contributed by atoms with Crippen molar-refractivity contribution in [2.45, 2.75) is 20.8 Å². The average Bonchev–Trinajstić information content (AvgIpc) is 2.89. The van der Waals surface area contributed by atoms with Crippen LogP contribution in [0.15, 0.2) is 53.1 Å². The van der Waals surface area contributed by atoms with Gasteiger partial charge in [0.05, 0.1) is 28.6 Å². The smallest absolute Gasteiger partial charge is 0.280 e. The Kier molecular flexibility index (Phi) is 5.88. The minimum Gasteiger partial charge on any atom is -0.491 e. The summed E-state index contributed by atoms with van der Waals surface area (Å²) in [6.07, 6.45) is 1.73. The van der Waals surface area contributed by atoms with Gasteiger partial charge in [0.15, 0.2) is 0 Å². The standard InChI is InChI=1S/C21H20Cl2N2O2/c1-13(2)12-27-20-15(9-16(22)11-19(20)23)10-18-14(3)24-25(21(18)26)17-7-5-4-6-8-17/h4-11,13H,12H2,1-3H3/b18-10+. The van der Waals surface area contributed by atoms with E-state index < -0.39 is 0 Å². The number of benzene rings is 2. The number of halogens is 2. The molecule has 2 aromatic carbocycles. The molecule has 0 N–H and O–H groups in total. The monoisotopic (exact) mass is 402 g/mol. The predicted octanol–water partition coefficient (Wildman–Crippen LogP) is 5.83. The summed E-state index contributed by atoms with van der Waals surface area (Å²) in [5.41, 5.74) is 2.47. The molecule has 0 radical (unpaired) electrons. The summed E-state index contributed by atoms with van der Waals surface area (Å²) >= 11 is 12.5. The second-order valence-corrected chi connectivity index (χ2v) is 7.55. The van der Waals surface area contributed by atoms with E-state index in [2.05, 4.69) is 18.9 Å². The maximum atomic E-state index is 12.9. The fourth-order valence-electron chi connectivity index (χ4n) is 2.67. The fraction of sp³-hybridized carbons (Fsp3) is 0.238. The highest BCUT2D eigenvalue weighted by molar-refractivity contribution is 6.36. The summed E-state index contributed by atoms with van der Waals surface area (Å²) in [4.78, 5) is 12.9. The van der Waals surface area contributed by atoms with Crippen molar-refractivity contribution in [2.75, 3.05) is 11.6 Å². The highest BCUT2D eigenvalue weighted by Gasteiger charge is 2.29. The maximum absolute atomic E-state index is 12.9. The number of anilines is 1. The number of ether oxygens (including phenoxy) is 1. The normalized spacial score (nSPS) is 15.6. The Morgan fingerprint density at radius 3 is 2.56 bits per heavy atom. The third-order valence-corrected chi connectivity index (χ3v) is 4.46. The molecule has 0 saturated carbocycles. The van der Waals surface area contributed by atoms with Crippen molar-refractivity contribution in [3.8, 4) is 5.75 Å². The summed E-state index contributed by atoms with van der Waals surface area (Å²) in [6.45, 7) is 6.41. The van der Waals surface area contributed by atoms with Gasteiger partial charge in [-0.25, -0.2) is 0 Å². The molecule has 4 nitrogen and oxygen atoms in total. The van der Waals surface area contributed by atoms with Crippen LogP contribution in [0.4, 0.5) is 5.69 Å². The first-order chi connectivity index (χ1) is 12.9. The molecule has 3 rings (SSSR count). The van der Waals surface area contributed by atoms with Crippen LogP contribution in [0.5, 0.6) is 5.75 Å². The van der Waals surface area contributed by atoms with Gasteiger partial charge in [0.2, 0.25) is 0 Å². The van der Waals surface area contributed by atoms with Gasteiger partial charge in [-0.2, -0.15) is 10.1 Å². The molecule has 2 aromatic rings. The van der Waals surface area contributed by atoms with Gasteiger partial charge in [0, 0.05) is 10.6 Å². The Bertz CT molecular complexity index is 921. The van der Waals surface area contributed by atoms with E-state index in [0.29, 0.717) is 50.9 Å². The molecule has 0 fully saturated rings. The second-order valence-electron chi connectivity index (χ2n) is 6.71. The minimum atomic E-state index is -0.204. The van der Waals surface area contributed by atoms with E-state index in [0.717, 1.165) is 0 Å². The Morgan fingerprint density at radius 1 is 1.19 bits per heavy atom. The molecule has 0 saturated heterocycles. The van der Waals surface area contributed by atoms with Crippen molar-refractivity contribution in [2.24, 2.45) is 11.0 Å². The first kappa shape index (κ1) is 19.5. The minimum absolute atomic E-state index is 0.204. The molecule has 140 valence electrons. The highest BCUT2D eigenvalue weighted by atomic mass is 35.5. The first-order valence-electron chi connectivity index (χ1n) is 8.65. The number of carbonyl (C=O) groups excluding carboxylic acids is 1. The SMILES string of the molecule is CC1=NN(c2ccccc2)C(=O)/C1=C/c1cc(Cl)cc(Cl)c1OCC(C)C. The quantitative estimate of drug-likeness (QED) is 0.589. The lowest BCUT2D eigenvalue weighted by atomic mass is 10.1. The van der Waals surface area contributed by atoms with Gasteiger partial charge >= 0.3 is 0 Å². The van der Waals surface area contributed by atoms with Crippen LogP contribution in [-0.2, 0) is 4.79 Å². The number of hydrogen-bond donors (Lipinski definition) is 0. The molecule has 0 atom stereocenters. The molecule has 1 heterocycles. The van der Waals surface area contributed by atoms with Crippen molar-refractivity contribution >= 4 is 46.6 Å². The van der Waals surface area contributed by atoms with E-state index in [1.807, 2.05) is 30.3 Å². The Morgan fingerprint density at radius 2 is 1.89 bits per heavy atom. The molecule has 0 aliphatic carbocycles. The second kappa shape index (κ2) is 8.15. The van der Waals surface area contributed by atoms with Crippen LogP contribution in [-0.4, -0.2) is 18.2 Å². The molecule has 1 amide bonds. The zero-order valence-electron chi connectivity index (χ0n) is 15.4. The Hall–Kier alpha value is -2.30. The highest BCUT2D eigenvalue weighted by Crippen LogP contribution is 2.35. The number of carbonyl (C=O) groups is 1. The Balaban J connectivity index is 1.99. The van der Waals surface area contributed by atoms with Gasteiger partial charge in [-0.1, -0.05) is 55.2 Å². The van der Waals surface area contributed by atoms with Gasteiger partial charge in [-0.15, -0.1) is 0 Å². The van der Waals surface area contributed by atoms with Crippen LogP contribution >= 0.6 is 23.2 Å². The summed E-state index contributed by atoms with van der Waals surface area (Å²) in [5.74, 6) is 0.646. The molecule has 0 spiro atoms. The van der Waals surface area contributed by atoms with Gasteiger partial charge in [-0.05, 0) is 43.2 Å². The molecular formula is C21H20Cl2N2O2. The van der Waals surface area contributed by atoms with E-state index in [9.17, 15) is 4.79 Å². The number of hydrogen-bond acceptors (Lipinski definition) is 3. The van der Waals surface area contributed by atoms with E-state index in [-0.39, 0.29) is 5.91 Å². The predicted molar refractivity (Wildman–Crippen MR) is 112 cm³/mol. The number of para-hydroxylation sites is 1. The van der Waals surface area contributed by atoms with Crippen LogP contribution < -0.4 is 9.75 Å². The molecule has 0 unspecified atom stereocenters. The van der Waals surface area contributed by atoms with E-state index >= 15 is 0 Å². The molecule has 0 bridgehead atoms. The van der Waals surface area contributed by atoms with E-state index in [4.69, 9.17) is 27.9 Å². The van der Waals surface area contributed by atoms with Crippen LogP contribution in [0.1, 0.15) is 26.3 Å². The zero-order valence-corrected chi connectivity index (χ0v) is 16.9. The van der Waals surface area contributed by atoms with Crippen molar-refractivity contribution in [3.63, 3.8) is 0 Å². The lowest BCUT2D eigenvalue weighted by Gasteiger charge is -2.14. The third-order valence-electron chi connectivity index (χ3n) is 3.96.